The fourth-order valence-electron chi connectivity index (χ4n) is 1.68. The molecule has 1 saturated heterocycles. The third-order valence-electron chi connectivity index (χ3n) is 2.64. The van der Waals surface area contributed by atoms with Crippen molar-refractivity contribution in [1.82, 2.24) is 4.90 Å². The monoisotopic (exact) mass is 226 g/mol. The molecule has 1 heterocycles. The zero-order valence-electron chi connectivity index (χ0n) is 8.62. The molecule has 1 aliphatic rings. The maximum absolute atomic E-state index is 13.3. The van der Waals surface area contributed by atoms with Gasteiger partial charge in [0, 0.05) is 24.7 Å². The molecule has 0 spiro atoms. The lowest BCUT2D eigenvalue weighted by molar-refractivity contribution is -0.134. The maximum Gasteiger partial charge on any atom is 0.227 e. The van der Waals surface area contributed by atoms with E-state index in [-0.39, 0.29) is 23.9 Å². The van der Waals surface area contributed by atoms with E-state index < -0.39 is 11.6 Å². The van der Waals surface area contributed by atoms with E-state index in [1.165, 1.54) is 17.0 Å². The number of benzene rings is 1. The number of carbonyl (C=O) groups excluding carboxylic acids is 1. The Kier molecular flexibility index (Phi) is 2.87. The molecule has 5 heteroatoms. The number of likely N-dealkylation sites (tertiary alicyclic amines) is 1. The van der Waals surface area contributed by atoms with Crippen LogP contribution in [0.4, 0.5) is 8.78 Å². The summed E-state index contributed by atoms with van der Waals surface area (Å²) in [5.74, 6) is -2.09. The fraction of sp³-hybridized carbons (Fsp3) is 0.364. The molecule has 2 rings (SSSR count). The van der Waals surface area contributed by atoms with Crippen molar-refractivity contribution in [3.63, 3.8) is 0 Å². The number of carbonyl (C=O) groups is 1. The topological polar surface area (TPSA) is 46.3 Å². The molecule has 0 saturated carbocycles. The first kappa shape index (κ1) is 11.0. The van der Waals surface area contributed by atoms with Gasteiger partial charge < -0.3 is 10.6 Å². The number of hydrogen-bond donors (Lipinski definition) is 1. The highest BCUT2D eigenvalue weighted by molar-refractivity contribution is 5.79. The van der Waals surface area contributed by atoms with E-state index in [0.717, 1.165) is 6.07 Å². The third-order valence-corrected chi connectivity index (χ3v) is 2.64. The Morgan fingerprint density at radius 2 is 2.12 bits per heavy atom. The van der Waals surface area contributed by atoms with Gasteiger partial charge in [0.15, 0.2) is 11.6 Å². The van der Waals surface area contributed by atoms with Gasteiger partial charge in [-0.15, -0.1) is 0 Å². The normalized spacial score (nSPS) is 16.1. The molecule has 1 aliphatic heterocycles. The number of amides is 1. The predicted octanol–water partition coefficient (Wildman–Crippen LogP) is 0.677. The molecule has 1 amide bonds. The Bertz CT molecular complexity index is 416. The summed E-state index contributed by atoms with van der Waals surface area (Å²) in [4.78, 5) is 13.1. The van der Waals surface area contributed by atoms with Gasteiger partial charge in [-0.3, -0.25) is 4.79 Å². The SMILES string of the molecule is NC1CN(C(=O)Cc2cccc(F)c2F)C1. The van der Waals surface area contributed by atoms with Crippen LogP contribution >= 0.6 is 0 Å². The zero-order valence-corrected chi connectivity index (χ0v) is 8.62. The first-order chi connectivity index (χ1) is 7.58. The van der Waals surface area contributed by atoms with E-state index in [0.29, 0.717) is 13.1 Å². The number of nitrogens with two attached hydrogens (primary N) is 1. The van der Waals surface area contributed by atoms with Crippen molar-refractivity contribution in [2.45, 2.75) is 12.5 Å². The number of halogens is 2. The molecule has 0 bridgehead atoms. The predicted molar refractivity (Wildman–Crippen MR) is 54.6 cm³/mol. The average molecular weight is 226 g/mol. The van der Waals surface area contributed by atoms with Gasteiger partial charge in [0.2, 0.25) is 5.91 Å². The molecule has 2 N–H and O–H groups in total. The summed E-state index contributed by atoms with van der Waals surface area (Å²) < 4.78 is 26.1. The van der Waals surface area contributed by atoms with Gasteiger partial charge in [-0.1, -0.05) is 12.1 Å². The summed E-state index contributed by atoms with van der Waals surface area (Å²) >= 11 is 0. The number of hydrogen-bond acceptors (Lipinski definition) is 2. The summed E-state index contributed by atoms with van der Waals surface area (Å²) in [6, 6.07) is 3.85. The molecule has 0 unspecified atom stereocenters. The van der Waals surface area contributed by atoms with E-state index in [1.807, 2.05) is 0 Å². The van der Waals surface area contributed by atoms with Crippen LogP contribution in [0.2, 0.25) is 0 Å². The average Bonchev–Trinajstić information content (AvgIpc) is 2.20. The van der Waals surface area contributed by atoms with Gasteiger partial charge in [0.05, 0.1) is 6.42 Å². The first-order valence-electron chi connectivity index (χ1n) is 5.04. The largest absolute Gasteiger partial charge is 0.339 e. The van der Waals surface area contributed by atoms with Crippen LogP contribution in [0.5, 0.6) is 0 Å². The van der Waals surface area contributed by atoms with Crippen LogP contribution in [-0.2, 0) is 11.2 Å². The highest BCUT2D eigenvalue weighted by atomic mass is 19.2. The molecule has 16 heavy (non-hydrogen) atoms. The molecule has 1 fully saturated rings. The van der Waals surface area contributed by atoms with Gasteiger partial charge in [-0.2, -0.15) is 0 Å². The second kappa shape index (κ2) is 4.17. The van der Waals surface area contributed by atoms with Crippen LogP contribution in [0.15, 0.2) is 18.2 Å². The molecule has 0 radical (unpaired) electrons. The molecule has 0 atom stereocenters. The van der Waals surface area contributed by atoms with Crippen LogP contribution in [0.1, 0.15) is 5.56 Å². The summed E-state index contributed by atoms with van der Waals surface area (Å²) in [6.45, 7) is 0.992. The van der Waals surface area contributed by atoms with Crippen LogP contribution in [0.25, 0.3) is 0 Å². The Morgan fingerprint density at radius 3 is 2.75 bits per heavy atom. The van der Waals surface area contributed by atoms with Gasteiger partial charge in [-0.05, 0) is 6.07 Å². The van der Waals surface area contributed by atoms with Gasteiger partial charge in [0.25, 0.3) is 0 Å². The van der Waals surface area contributed by atoms with Crippen molar-refractivity contribution in [2.24, 2.45) is 5.73 Å². The molecule has 1 aromatic rings. The summed E-state index contributed by atoms with van der Waals surface area (Å²) in [7, 11) is 0. The molecule has 3 nitrogen and oxygen atoms in total. The lowest BCUT2D eigenvalue weighted by atomic mass is 10.1. The molecule has 0 aromatic heterocycles. The van der Waals surface area contributed by atoms with Crippen molar-refractivity contribution >= 4 is 5.91 Å². The first-order valence-corrected chi connectivity index (χ1v) is 5.04. The van der Waals surface area contributed by atoms with Crippen LogP contribution in [0.3, 0.4) is 0 Å². The van der Waals surface area contributed by atoms with Crippen LogP contribution < -0.4 is 5.73 Å². The smallest absolute Gasteiger partial charge is 0.227 e. The molecule has 1 aromatic carbocycles. The van der Waals surface area contributed by atoms with Gasteiger partial charge >= 0.3 is 0 Å². The number of rotatable bonds is 2. The third kappa shape index (κ3) is 2.04. The van der Waals surface area contributed by atoms with E-state index >= 15 is 0 Å². The van der Waals surface area contributed by atoms with Gasteiger partial charge in [-0.25, -0.2) is 8.78 Å². The Morgan fingerprint density at radius 1 is 1.44 bits per heavy atom. The second-order valence-corrected chi connectivity index (χ2v) is 3.95. The second-order valence-electron chi connectivity index (χ2n) is 3.95. The minimum Gasteiger partial charge on any atom is -0.339 e. The standard InChI is InChI=1S/C11H12F2N2O/c12-9-3-1-2-7(11(9)13)4-10(16)15-5-8(14)6-15/h1-3,8H,4-6,14H2. The van der Waals surface area contributed by atoms with Crippen LogP contribution in [-0.4, -0.2) is 29.9 Å². The summed E-state index contributed by atoms with van der Waals surface area (Å²) in [5.41, 5.74) is 5.61. The van der Waals surface area contributed by atoms with E-state index in [9.17, 15) is 13.6 Å². The minimum absolute atomic E-state index is 0.0151. The molecule has 86 valence electrons. The van der Waals surface area contributed by atoms with E-state index in [4.69, 9.17) is 5.73 Å². The van der Waals surface area contributed by atoms with Crippen LogP contribution in [0, 0.1) is 11.6 Å². The summed E-state index contributed by atoms with van der Waals surface area (Å²) in [6.07, 6.45) is -0.115. The Labute approximate surface area is 91.8 Å². The number of nitrogens with zero attached hydrogens (tertiary/aromatic N) is 1. The van der Waals surface area contributed by atoms with E-state index in [2.05, 4.69) is 0 Å². The fourth-order valence-corrected chi connectivity index (χ4v) is 1.68. The van der Waals surface area contributed by atoms with Crippen molar-refractivity contribution in [3.8, 4) is 0 Å². The summed E-state index contributed by atoms with van der Waals surface area (Å²) in [5, 5.41) is 0. The lowest BCUT2D eigenvalue weighted by Crippen LogP contribution is -2.58. The Balaban J connectivity index is 2.04. The van der Waals surface area contributed by atoms with Crippen molar-refractivity contribution in [3.05, 3.63) is 35.4 Å². The zero-order chi connectivity index (χ0) is 11.7. The van der Waals surface area contributed by atoms with E-state index in [1.54, 1.807) is 0 Å². The minimum atomic E-state index is -0.944. The maximum atomic E-state index is 13.3. The quantitative estimate of drug-likeness (QED) is 0.806. The molecule has 0 aliphatic carbocycles. The highest BCUT2D eigenvalue weighted by Crippen LogP contribution is 2.14. The molecular weight excluding hydrogens is 214 g/mol. The highest BCUT2D eigenvalue weighted by Gasteiger charge is 2.27. The Hall–Kier alpha value is -1.49. The van der Waals surface area contributed by atoms with Crippen molar-refractivity contribution in [2.75, 3.05) is 13.1 Å². The molecular formula is C11H12F2N2O. The van der Waals surface area contributed by atoms with Crippen molar-refractivity contribution in [1.29, 1.82) is 0 Å². The van der Waals surface area contributed by atoms with Crippen molar-refractivity contribution < 1.29 is 13.6 Å². The lowest BCUT2D eigenvalue weighted by Gasteiger charge is -2.36. The van der Waals surface area contributed by atoms with Gasteiger partial charge in [0.1, 0.15) is 0 Å².